The molecule has 3 aromatic rings. The fraction of sp³-hybridized carbons (Fsp3) is 0.258. The van der Waals surface area contributed by atoms with Gasteiger partial charge in [0, 0.05) is 11.3 Å². The maximum Gasteiger partial charge on any atom is 0.338 e. The van der Waals surface area contributed by atoms with Crippen molar-refractivity contribution in [3.05, 3.63) is 94.6 Å². The third-order valence-corrected chi connectivity index (χ3v) is 6.44. The number of aliphatic hydroxyl groups is 1. The summed E-state index contributed by atoms with van der Waals surface area (Å²) in [4.78, 5) is 40.3. The SMILES string of the molecule is CCCOc1ccc(/C(O)=C2/C(=O)C(=O)N(c3ccc(C(=O)OCC)cc3)C2c2ccc(OC)cc2)cc1C. The largest absolute Gasteiger partial charge is 0.507 e. The Morgan fingerprint density at radius 3 is 2.21 bits per heavy atom. The Balaban J connectivity index is 1.83. The van der Waals surface area contributed by atoms with Crippen molar-refractivity contribution in [1.82, 2.24) is 0 Å². The fourth-order valence-electron chi connectivity index (χ4n) is 4.50. The Hall–Kier alpha value is -4.59. The van der Waals surface area contributed by atoms with Crippen LogP contribution in [0.15, 0.2) is 72.3 Å². The highest BCUT2D eigenvalue weighted by atomic mass is 16.5. The average molecular weight is 530 g/mol. The Kier molecular flexibility index (Phi) is 8.34. The zero-order valence-electron chi connectivity index (χ0n) is 22.4. The van der Waals surface area contributed by atoms with E-state index >= 15 is 0 Å². The number of hydrogen-bond acceptors (Lipinski definition) is 7. The highest BCUT2D eigenvalue weighted by Gasteiger charge is 2.47. The maximum absolute atomic E-state index is 13.4. The van der Waals surface area contributed by atoms with E-state index in [0.717, 1.165) is 12.0 Å². The molecule has 1 aliphatic heterocycles. The minimum Gasteiger partial charge on any atom is -0.507 e. The molecule has 1 saturated heterocycles. The van der Waals surface area contributed by atoms with Crippen LogP contribution in [-0.2, 0) is 14.3 Å². The summed E-state index contributed by atoms with van der Waals surface area (Å²) in [6, 6.07) is 17.4. The number of amides is 1. The Labute approximate surface area is 227 Å². The summed E-state index contributed by atoms with van der Waals surface area (Å²) in [6.07, 6.45) is 0.854. The van der Waals surface area contributed by atoms with Crippen LogP contribution < -0.4 is 14.4 Å². The van der Waals surface area contributed by atoms with E-state index in [-0.39, 0.29) is 17.9 Å². The van der Waals surface area contributed by atoms with Crippen molar-refractivity contribution in [3.63, 3.8) is 0 Å². The lowest BCUT2D eigenvalue weighted by Gasteiger charge is -2.25. The predicted octanol–water partition coefficient (Wildman–Crippen LogP) is 5.60. The molecule has 0 saturated carbocycles. The van der Waals surface area contributed by atoms with E-state index in [4.69, 9.17) is 14.2 Å². The first-order valence-corrected chi connectivity index (χ1v) is 12.8. The van der Waals surface area contributed by atoms with E-state index in [1.807, 2.05) is 13.8 Å². The summed E-state index contributed by atoms with van der Waals surface area (Å²) >= 11 is 0. The molecule has 1 amide bonds. The van der Waals surface area contributed by atoms with Crippen molar-refractivity contribution in [2.45, 2.75) is 33.2 Å². The molecule has 0 spiro atoms. The quantitative estimate of drug-likeness (QED) is 0.167. The van der Waals surface area contributed by atoms with Crippen LogP contribution >= 0.6 is 0 Å². The molecule has 4 rings (SSSR count). The van der Waals surface area contributed by atoms with Gasteiger partial charge in [-0.25, -0.2) is 4.79 Å². The monoisotopic (exact) mass is 529 g/mol. The van der Waals surface area contributed by atoms with Gasteiger partial charge in [0.15, 0.2) is 0 Å². The molecule has 0 aliphatic carbocycles. The summed E-state index contributed by atoms with van der Waals surface area (Å²) in [5, 5.41) is 11.4. The molecule has 1 N–H and O–H groups in total. The van der Waals surface area contributed by atoms with E-state index < -0.39 is 23.7 Å². The second-order valence-electron chi connectivity index (χ2n) is 9.04. The normalized spacial score (nSPS) is 16.3. The topological polar surface area (TPSA) is 102 Å². The number of rotatable bonds is 9. The molecule has 1 atom stereocenters. The highest BCUT2D eigenvalue weighted by molar-refractivity contribution is 6.51. The van der Waals surface area contributed by atoms with Crippen molar-refractivity contribution in [2.75, 3.05) is 25.2 Å². The van der Waals surface area contributed by atoms with Gasteiger partial charge in [0.2, 0.25) is 0 Å². The van der Waals surface area contributed by atoms with Crippen molar-refractivity contribution < 1.29 is 33.7 Å². The maximum atomic E-state index is 13.4. The van der Waals surface area contributed by atoms with Crippen LogP contribution in [0.1, 0.15) is 53.4 Å². The molecule has 3 aromatic carbocycles. The number of anilines is 1. The molecule has 1 heterocycles. The van der Waals surface area contributed by atoms with Gasteiger partial charge in [-0.05, 0) is 86.0 Å². The first kappa shape index (κ1) is 27.4. The van der Waals surface area contributed by atoms with E-state index in [1.54, 1.807) is 68.6 Å². The lowest BCUT2D eigenvalue weighted by molar-refractivity contribution is -0.132. The minimum atomic E-state index is -0.916. The lowest BCUT2D eigenvalue weighted by atomic mass is 9.94. The first-order chi connectivity index (χ1) is 18.8. The Morgan fingerprint density at radius 1 is 0.949 bits per heavy atom. The van der Waals surface area contributed by atoms with Gasteiger partial charge in [-0.15, -0.1) is 0 Å². The summed E-state index contributed by atoms with van der Waals surface area (Å²) < 4.78 is 16.1. The van der Waals surface area contributed by atoms with Crippen LogP contribution in [-0.4, -0.2) is 43.1 Å². The van der Waals surface area contributed by atoms with E-state index in [1.165, 1.54) is 17.0 Å². The highest BCUT2D eigenvalue weighted by Crippen LogP contribution is 2.43. The number of carbonyl (C=O) groups is 3. The van der Waals surface area contributed by atoms with Crippen LogP contribution in [0.4, 0.5) is 5.69 Å². The van der Waals surface area contributed by atoms with Crippen LogP contribution in [0, 0.1) is 6.92 Å². The average Bonchev–Trinajstić information content (AvgIpc) is 3.22. The number of hydrogen-bond donors (Lipinski definition) is 1. The molecule has 0 radical (unpaired) electrons. The van der Waals surface area contributed by atoms with Gasteiger partial charge in [-0.2, -0.15) is 0 Å². The van der Waals surface area contributed by atoms with E-state index in [9.17, 15) is 19.5 Å². The number of esters is 1. The Bertz CT molecular complexity index is 1410. The fourth-order valence-corrected chi connectivity index (χ4v) is 4.50. The van der Waals surface area contributed by atoms with Gasteiger partial charge in [-0.1, -0.05) is 19.1 Å². The number of ether oxygens (including phenoxy) is 3. The predicted molar refractivity (Wildman–Crippen MR) is 147 cm³/mol. The molecule has 39 heavy (non-hydrogen) atoms. The zero-order valence-corrected chi connectivity index (χ0v) is 22.4. The number of Topliss-reactive ketones (excluding diaryl/α,β-unsaturated/α-hetero) is 1. The molecule has 1 aliphatic rings. The van der Waals surface area contributed by atoms with Crippen molar-refractivity contribution in [2.24, 2.45) is 0 Å². The van der Waals surface area contributed by atoms with Gasteiger partial charge >= 0.3 is 5.97 Å². The molecular formula is C31H31NO7. The van der Waals surface area contributed by atoms with E-state index in [0.29, 0.717) is 40.5 Å². The minimum absolute atomic E-state index is 0.0405. The van der Waals surface area contributed by atoms with Gasteiger partial charge in [0.05, 0.1) is 37.5 Å². The summed E-state index contributed by atoms with van der Waals surface area (Å²) in [5.74, 6) is -1.09. The number of benzene rings is 3. The molecule has 0 bridgehead atoms. The van der Waals surface area contributed by atoms with Gasteiger partial charge in [0.25, 0.3) is 11.7 Å². The zero-order chi connectivity index (χ0) is 28.1. The Morgan fingerprint density at radius 2 is 1.62 bits per heavy atom. The number of aliphatic hydroxyl groups excluding tert-OH is 1. The van der Waals surface area contributed by atoms with E-state index in [2.05, 4.69) is 0 Å². The number of ketones is 1. The van der Waals surface area contributed by atoms with Crippen LogP contribution in [0.25, 0.3) is 5.76 Å². The second kappa shape index (κ2) is 11.9. The third kappa shape index (κ3) is 5.50. The third-order valence-electron chi connectivity index (χ3n) is 6.44. The summed E-state index contributed by atoms with van der Waals surface area (Å²) in [6.45, 7) is 6.37. The number of nitrogens with zero attached hydrogens (tertiary/aromatic N) is 1. The smallest absolute Gasteiger partial charge is 0.338 e. The summed E-state index contributed by atoms with van der Waals surface area (Å²) in [7, 11) is 1.54. The standard InChI is InChI=1S/C31H31NO7/c1-5-17-39-25-16-11-22(18-19(25)3)28(33)26-27(20-9-14-24(37-4)15-10-20)32(30(35)29(26)34)23-12-7-21(8-13-23)31(36)38-6-2/h7-16,18,27,33H,5-6,17H2,1-4H3/b28-26-. The van der Waals surface area contributed by atoms with Crippen LogP contribution in [0.5, 0.6) is 11.5 Å². The lowest BCUT2D eigenvalue weighted by Crippen LogP contribution is -2.29. The van der Waals surface area contributed by atoms with Gasteiger partial charge in [-0.3, -0.25) is 14.5 Å². The molecule has 1 fully saturated rings. The van der Waals surface area contributed by atoms with Crippen LogP contribution in [0.3, 0.4) is 0 Å². The molecule has 0 aromatic heterocycles. The molecule has 1 unspecified atom stereocenters. The van der Waals surface area contributed by atoms with Crippen molar-refractivity contribution in [1.29, 1.82) is 0 Å². The molecular weight excluding hydrogens is 498 g/mol. The van der Waals surface area contributed by atoms with Gasteiger partial charge < -0.3 is 19.3 Å². The van der Waals surface area contributed by atoms with Crippen molar-refractivity contribution >= 4 is 29.1 Å². The first-order valence-electron chi connectivity index (χ1n) is 12.8. The number of carbonyl (C=O) groups excluding carboxylic acids is 3. The van der Waals surface area contributed by atoms with Crippen LogP contribution in [0.2, 0.25) is 0 Å². The van der Waals surface area contributed by atoms with Crippen molar-refractivity contribution in [3.8, 4) is 11.5 Å². The molecule has 8 heteroatoms. The molecule has 202 valence electrons. The number of aryl methyl sites for hydroxylation is 1. The second-order valence-corrected chi connectivity index (χ2v) is 9.04. The van der Waals surface area contributed by atoms with Gasteiger partial charge in [0.1, 0.15) is 17.3 Å². The molecule has 8 nitrogen and oxygen atoms in total. The number of methoxy groups -OCH3 is 1. The summed E-state index contributed by atoms with van der Waals surface area (Å²) in [5.41, 5.74) is 2.46.